The molecule has 0 N–H and O–H groups in total. The largest absolute Gasteiger partial charge is 0.260 e. The minimum atomic E-state index is -3.65. The third-order valence-corrected chi connectivity index (χ3v) is 4.60. The van der Waals surface area contributed by atoms with E-state index in [1.54, 1.807) is 0 Å². The number of hydrogen-bond donors (Lipinski definition) is 0. The number of hydrogen-bond acceptors (Lipinski definition) is 3. The van der Waals surface area contributed by atoms with E-state index in [0.717, 1.165) is 18.5 Å². The number of halogens is 2. The highest BCUT2D eigenvalue weighted by Gasteiger charge is 2.31. The summed E-state index contributed by atoms with van der Waals surface area (Å²) in [5, 5.41) is -0.170. The SMILES string of the molecule is O=S(=O)(c1cncc(F)c1)N1CCC(Cl)C1. The van der Waals surface area contributed by atoms with Gasteiger partial charge in [-0.3, -0.25) is 4.98 Å². The van der Waals surface area contributed by atoms with E-state index in [0.29, 0.717) is 13.0 Å². The first-order chi connectivity index (χ1) is 7.50. The van der Waals surface area contributed by atoms with Crippen LogP contribution in [0, 0.1) is 5.82 Å². The minimum Gasteiger partial charge on any atom is -0.260 e. The molecule has 0 saturated carbocycles. The second kappa shape index (κ2) is 4.27. The quantitative estimate of drug-likeness (QED) is 0.755. The minimum absolute atomic E-state index is 0.127. The van der Waals surface area contributed by atoms with Crippen molar-refractivity contribution in [2.75, 3.05) is 13.1 Å². The van der Waals surface area contributed by atoms with Crippen LogP contribution in [-0.4, -0.2) is 36.2 Å². The summed E-state index contributed by atoms with van der Waals surface area (Å²) in [4.78, 5) is 3.40. The molecule has 16 heavy (non-hydrogen) atoms. The van der Waals surface area contributed by atoms with Crippen molar-refractivity contribution >= 4 is 21.6 Å². The third kappa shape index (κ3) is 2.18. The average molecular weight is 265 g/mol. The predicted molar refractivity (Wildman–Crippen MR) is 57.2 cm³/mol. The monoisotopic (exact) mass is 264 g/mol. The van der Waals surface area contributed by atoms with Gasteiger partial charge in [-0.25, -0.2) is 12.8 Å². The molecule has 1 aromatic heterocycles. The summed E-state index contributed by atoms with van der Waals surface area (Å²) in [5.41, 5.74) is 0. The van der Waals surface area contributed by atoms with Gasteiger partial charge in [-0.1, -0.05) is 0 Å². The molecule has 0 aliphatic carbocycles. The first-order valence-corrected chi connectivity index (χ1v) is 6.62. The van der Waals surface area contributed by atoms with Crippen LogP contribution in [0.15, 0.2) is 23.4 Å². The van der Waals surface area contributed by atoms with Gasteiger partial charge in [0.1, 0.15) is 10.7 Å². The maximum Gasteiger partial charge on any atom is 0.244 e. The fraction of sp³-hybridized carbons (Fsp3) is 0.444. The van der Waals surface area contributed by atoms with Crippen LogP contribution in [0.4, 0.5) is 4.39 Å². The first kappa shape index (κ1) is 11.8. The molecule has 0 spiro atoms. The van der Waals surface area contributed by atoms with E-state index >= 15 is 0 Å². The highest BCUT2D eigenvalue weighted by molar-refractivity contribution is 7.89. The highest BCUT2D eigenvalue weighted by Crippen LogP contribution is 2.23. The highest BCUT2D eigenvalue weighted by atomic mass is 35.5. The fourth-order valence-corrected chi connectivity index (χ4v) is 3.41. The van der Waals surface area contributed by atoms with E-state index in [1.165, 1.54) is 4.31 Å². The van der Waals surface area contributed by atoms with Crippen molar-refractivity contribution < 1.29 is 12.8 Å². The molecule has 1 saturated heterocycles. The number of aromatic nitrogens is 1. The second-order valence-corrected chi connectivity index (χ2v) is 6.14. The van der Waals surface area contributed by atoms with Crippen LogP contribution in [0.3, 0.4) is 0 Å². The molecule has 1 aromatic rings. The lowest BCUT2D eigenvalue weighted by Gasteiger charge is -2.15. The Morgan fingerprint density at radius 3 is 2.81 bits per heavy atom. The Kier molecular flexibility index (Phi) is 3.14. The standard InChI is InChI=1S/C9H10ClFN2O2S/c10-7-1-2-13(6-7)16(14,15)9-3-8(11)4-12-5-9/h3-5,7H,1-2,6H2. The summed E-state index contributed by atoms with van der Waals surface area (Å²) in [6.45, 7) is 0.632. The van der Waals surface area contributed by atoms with Gasteiger partial charge in [-0.05, 0) is 12.5 Å². The first-order valence-electron chi connectivity index (χ1n) is 4.75. The van der Waals surface area contributed by atoms with Crippen molar-refractivity contribution in [2.45, 2.75) is 16.7 Å². The zero-order valence-corrected chi connectivity index (χ0v) is 9.88. The molecule has 0 amide bonds. The van der Waals surface area contributed by atoms with Crippen LogP contribution in [-0.2, 0) is 10.0 Å². The summed E-state index contributed by atoms with van der Waals surface area (Å²) in [7, 11) is -3.65. The maximum atomic E-state index is 12.9. The van der Waals surface area contributed by atoms with Crippen LogP contribution in [0.5, 0.6) is 0 Å². The molecule has 1 atom stereocenters. The predicted octanol–water partition coefficient (Wildman–Crippen LogP) is 1.22. The molecule has 2 heterocycles. The lowest BCUT2D eigenvalue weighted by molar-refractivity contribution is 0.476. The van der Waals surface area contributed by atoms with Gasteiger partial charge in [-0.2, -0.15) is 4.31 Å². The van der Waals surface area contributed by atoms with Gasteiger partial charge in [0.25, 0.3) is 0 Å². The van der Waals surface area contributed by atoms with Crippen molar-refractivity contribution in [3.05, 3.63) is 24.3 Å². The van der Waals surface area contributed by atoms with E-state index in [1.807, 2.05) is 0 Å². The number of rotatable bonds is 2. The van der Waals surface area contributed by atoms with E-state index in [4.69, 9.17) is 11.6 Å². The van der Waals surface area contributed by atoms with Gasteiger partial charge in [0.2, 0.25) is 10.0 Å². The molecule has 7 heteroatoms. The van der Waals surface area contributed by atoms with Crippen LogP contribution >= 0.6 is 11.6 Å². The molecule has 1 aliphatic heterocycles. The molecule has 1 unspecified atom stereocenters. The Morgan fingerprint density at radius 1 is 1.50 bits per heavy atom. The number of pyridine rings is 1. The zero-order chi connectivity index (χ0) is 11.8. The van der Waals surface area contributed by atoms with Crippen molar-refractivity contribution in [1.29, 1.82) is 0 Å². The van der Waals surface area contributed by atoms with Crippen LogP contribution in [0.2, 0.25) is 0 Å². The normalized spacial score (nSPS) is 22.5. The Bertz CT molecular complexity index is 494. The van der Waals surface area contributed by atoms with Crippen LogP contribution in [0.25, 0.3) is 0 Å². The van der Waals surface area contributed by atoms with E-state index in [9.17, 15) is 12.8 Å². The molecule has 4 nitrogen and oxygen atoms in total. The van der Waals surface area contributed by atoms with Crippen molar-refractivity contribution in [1.82, 2.24) is 9.29 Å². The molecule has 0 bridgehead atoms. The molecular weight excluding hydrogens is 255 g/mol. The number of sulfonamides is 1. The van der Waals surface area contributed by atoms with Crippen molar-refractivity contribution in [3.8, 4) is 0 Å². The topological polar surface area (TPSA) is 50.3 Å². The second-order valence-electron chi connectivity index (χ2n) is 3.59. The maximum absolute atomic E-state index is 12.9. The summed E-state index contributed by atoms with van der Waals surface area (Å²) in [5.74, 6) is -0.664. The van der Waals surface area contributed by atoms with Crippen molar-refractivity contribution in [2.24, 2.45) is 0 Å². The van der Waals surface area contributed by atoms with E-state index < -0.39 is 15.8 Å². The van der Waals surface area contributed by atoms with Gasteiger partial charge in [-0.15, -0.1) is 11.6 Å². The summed E-state index contributed by atoms with van der Waals surface area (Å²) < 4.78 is 38.1. The van der Waals surface area contributed by atoms with Crippen molar-refractivity contribution in [3.63, 3.8) is 0 Å². The molecular formula is C9H10ClFN2O2S. The summed E-state index contributed by atoms with van der Waals surface area (Å²) >= 11 is 5.84. The molecule has 0 radical (unpaired) electrons. The van der Waals surface area contributed by atoms with Gasteiger partial charge in [0.05, 0.1) is 6.20 Å². The summed E-state index contributed by atoms with van der Waals surface area (Å²) in [6, 6.07) is 0.962. The van der Waals surface area contributed by atoms with Gasteiger partial charge in [0, 0.05) is 24.7 Å². The third-order valence-electron chi connectivity index (χ3n) is 2.41. The van der Waals surface area contributed by atoms with Gasteiger partial charge < -0.3 is 0 Å². The zero-order valence-electron chi connectivity index (χ0n) is 8.31. The van der Waals surface area contributed by atoms with E-state index in [2.05, 4.69) is 4.98 Å². The van der Waals surface area contributed by atoms with Gasteiger partial charge >= 0.3 is 0 Å². The Labute approximate surface area is 98.1 Å². The Balaban J connectivity index is 2.32. The lowest BCUT2D eigenvalue weighted by atomic mass is 10.4. The lowest BCUT2D eigenvalue weighted by Crippen LogP contribution is -2.29. The average Bonchev–Trinajstić information content (AvgIpc) is 2.65. The molecule has 1 aliphatic rings. The van der Waals surface area contributed by atoms with Crippen LogP contribution < -0.4 is 0 Å². The molecule has 0 aromatic carbocycles. The Morgan fingerprint density at radius 2 is 2.25 bits per heavy atom. The molecule has 88 valence electrons. The number of nitrogens with zero attached hydrogens (tertiary/aromatic N) is 2. The fourth-order valence-electron chi connectivity index (χ4n) is 1.59. The van der Waals surface area contributed by atoms with Crippen LogP contribution in [0.1, 0.15) is 6.42 Å². The summed E-state index contributed by atoms with van der Waals surface area (Å²) in [6.07, 6.45) is 2.72. The number of alkyl halides is 1. The Hall–Kier alpha value is -0.720. The van der Waals surface area contributed by atoms with Gasteiger partial charge in [0.15, 0.2) is 0 Å². The van der Waals surface area contributed by atoms with E-state index in [-0.39, 0.29) is 16.8 Å². The molecule has 2 rings (SSSR count). The smallest absolute Gasteiger partial charge is 0.244 e. The molecule has 1 fully saturated rings.